The average molecular weight is 278 g/mol. The summed E-state index contributed by atoms with van der Waals surface area (Å²) >= 11 is 0. The van der Waals surface area contributed by atoms with Gasteiger partial charge in [0.2, 0.25) is 0 Å². The van der Waals surface area contributed by atoms with Gasteiger partial charge in [-0.3, -0.25) is 4.79 Å². The summed E-state index contributed by atoms with van der Waals surface area (Å²) in [6, 6.07) is 0. The second-order valence-electron chi connectivity index (χ2n) is 6.70. The molecular weight excluding hydrogens is 257 g/mol. The fraction of sp³-hybridized carbons (Fsp3) is 0.929. The topological polar surface area (TPSA) is 26.3 Å². The first-order valence-electron chi connectivity index (χ1n) is 6.82. The summed E-state index contributed by atoms with van der Waals surface area (Å²) < 4.78 is 41.6. The lowest BCUT2D eigenvalue weighted by Gasteiger charge is -2.38. The van der Waals surface area contributed by atoms with Crippen LogP contribution in [0.3, 0.4) is 0 Å². The van der Waals surface area contributed by atoms with E-state index in [0.717, 1.165) is 19.3 Å². The third-order valence-corrected chi connectivity index (χ3v) is 5.60. The third-order valence-electron chi connectivity index (χ3n) is 5.60. The molecule has 3 unspecified atom stereocenters. The predicted molar refractivity (Wildman–Crippen MR) is 64.4 cm³/mol. The number of halogens is 3. The molecule has 5 heteroatoms. The lowest BCUT2D eigenvalue weighted by molar-refractivity contribution is -0.166. The predicted octanol–water partition coefficient (Wildman–Crippen LogP) is 4.09. The molecule has 3 atom stereocenters. The second kappa shape index (κ2) is 4.38. The first kappa shape index (κ1) is 14.7. The molecule has 2 fully saturated rings. The lowest BCUT2D eigenvalue weighted by Crippen LogP contribution is -2.38. The molecule has 0 aromatic rings. The molecule has 0 radical (unpaired) electrons. The molecule has 2 bridgehead atoms. The van der Waals surface area contributed by atoms with Gasteiger partial charge >= 0.3 is 12.1 Å². The first-order valence-corrected chi connectivity index (χ1v) is 6.82. The number of carbonyl (C=O) groups excluding carboxylic acids is 1. The van der Waals surface area contributed by atoms with Crippen LogP contribution in [0, 0.1) is 16.7 Å². The van der Waals surface area contributed by atoms with Gasteiger partial charge in [0, 0.05) is 5.41 Å². The van der Waals surface area contributed by atoms with Gasteiger partial charge in [0.15, 0.2) is 0 Å². The van der Waals surface area contributed by atoms with Crippen molar-refractivity contribution in [3.63, 3.8) is 0 Å². The van der Waals surface area contributed by atoms with Crippen LogP contribution in [0.5, 0.6) is 0 Å². The number of esters is 1. The van der Waals surface area contributed by atoms with E-state index in [0.29, 0.717) is 5.92 Å². The molecule has 0 aromatic carbocycles. The highest BCUT2D eigenvalue weighted by molar-refractivity contribution is 5.69. The van der Waals surface area contributed by atoms with Crippen LogP contribution in [-0.2, 0) is 9.53 Å². The van der Waals surface area contributed by atoms with Gasteiger partial charge in [0.05, 0.1) is 12.8 Å². The molecule has 0 saturated heterocycles. The Hall–Kier alpha value is -0.740. The van der Waals surface area contributed by atoms with E-state index in [4.69, 9.17) is 4.74 Å². The fourth-order valence-electron chi connectivity index (χ4n) is 3.77. The third kappa shape index (κ3) is 2.48. The van der Waals surface area contributed by atoms with Gasteiger partial charge < -0.3 is 4.74 Å². The minimum Gasteiger partial charge on any atom is -0.462 e. The molecule has 0 aromatic heterocycles. The Morgan fingerprint density at radius 3 is 2.37 bits per heavy atom. The Morgan fingerprint density at radius 2 is 1.95 bits per heavy atom. The average Bonchev–Trinajstić information content (AvgIpc) is 2.58. The van der Waals surface area contributed by atoms with Crippen LogP contribution >= 0.6 is 0 Å². The molecule has 2 aliphatic carbocycles. The summed E-state index contributed by atoms with van der Waals surface area (Å²) in [4.78, 5) is 11.6. The van der Waals surface area contributed by atoms with E-state index in [2.05, 4.69) is 20.8 Å². The molecule has 110 valence electrons. The zero-order chi connectivity index (χ0) is 14.5. The van der Waals surface area contributed by atoms with Crippen LogP contribution in [-0.4, -0.2) is 18.2 Å². The second-order valence-corrected chi connectivity index (χ2v) is 6.70. The normalized spacial score (nSPS) is 36.5. The van der Waals surface area contributed by atoms with E-state index in [1.807, 2.05) is 0 Å². The van der Waals surface area contributed by atoms with Crippen LogP contribution < -0.4 is 0 Å². The van der Waals surface area contributed by atoms with Gasteiger partial charge in [-0.25, -0.2) is 0 Å². The van der Waals surface area contributed by atoms with Crippen molar-refractivity contribution in [2.24, 2.45) is 16.7 Å². The van der Waals surface area contributed by atoms with Crippen LogP contribution in [0.1, 0.15) is 52.9 Å². The van der Waals surface area contributed by atoms with E-state index in [1.165, 1.54) is 0 Å². The molecule has 2 saturated carbocycles. The van der Waals surface area contributed by atoms with Gasteiger partial charge in [0.25, 0.3) is 0 Å². The van der Waals surface area contributed by atoms with E-state index in [1.54, 1.807) is 0 Å². The molecule has 0 N–H and O–H groups in total. The summed E-state index contributed by atoms with van der Waals surface area (Å²) in [6.45, 7) is 6.45. The minimum absolute atomic E-state index is 0.0917. The zero-order valence-corrected chi connectivity index (χ0v) is 11.6. The number of ether oxygens (including phenoxy) is 1. The van der Waals surface area contributed by atoms with Gasteiger partial charge in [-0.1, -0.05) is 20.8 Å². The summed E-state index contributed by atoms with van der Waals surface area (Å²) in [7, 11) is 0. The Bertz CT molecular complexity index is 375. The van der Waals surface area contributed by atoms with E-state index in [9.17, 15) is 18.0 Å². The number of rotatable bonds is 3. The van der Waals surface area contributed by atoms with Gasteiger partial charge in [-0.2, -0.15) is 13.2 Å². The van der Waals surface area contributed by atoms with Crippen LogP contribution in [0.25, 0.3) is 0 Å². The highest BCUT2D eigenvalue weighted by atomic mass is 19.4. The Morgan fingerprint density at radius 1 is 1.32 bits per heavy atom. The van der Waals surface area contributed by atoms with Crippen molar-refractivity contribution in [1.82, 2.24) is 0 Å². The Kier molecular flexibility index (Phi) is 3.38. The summed E-state index contributed by atoms with van der Waals surface area (Å²) in [6.07, 6.45) is -3.27. The molecule has 2 nitrogen and oxygen atoms in total. The van der Waals surface area contributed by atoms with Gasteiger partial charge in [0.1, 0.15) is 6.10 Å². The van der Waals surface area contributed by atoms with Crippen molar-refractivity contribution in [2.75, 3.05) is 0 Å². The number of fused-ring (bicyclic) bond motifs is 2. The quantitative estimate of drug-likeness (QED) is 0.727. The van der Waals surface area contributed by atoms with Crippen molar-refractivity contribution in [1.29, 1.82) is 0 Å². The van der Waals surface area contributed by atoms with Crippen molar-refractivity contribution in [2.45, 2.75) is 65.2 Å². The zero-order valence-electron chi connectivity index (χ0n) is 11.6. The fourth-order valence-corrected chi connectivity index (χ4v) is 3.77. The van der Waals surface area contributed by atoms with Crippen LogP contribution in [0.2, 0.25) is 0 Å². The van der Waals surface area contributed by atoms with Crippen molar-refractivity contribution < 1.29 is 22.7 Å². The largest absolute Gasteiger partial charge is 0.462 e. The summed E-state index contributed by atoms with van der Waals surface area (Å²) in [5.41, 5.74) is 0.00747. The maximum absolute atomic E-state index is 12.1. The SMILES string of the molecule is CC1(C)C2CCC1(C)C(OC(=O)CCC(F)(F)F)C2. The molecule has 0 aliphatic heterocycles. The Balaban J connectivity index is 1.93. The number of alkyl halides is 3. The first-order chi connectivity index (χ1) is 8.56. The van der Waals surface area contributed by atoms with Gasteiger partial charge in [-0.05, 0) is 30.6 Å². The number of hydrogen-bond donors (Lipinski definition) is 0. The highest BCUT2D eigenvalue weighted by Crippen LogP contribution is 2.66. The van der Waals surface area contributed by atoms with E-state index in [-0.39, 0.29) is 16.9 Å². The van der Waals surface area contributed by atoms with E-state index < -0.39 is 25.0 Å². The molecule has 19 heavy (non-hydrogen) atoms. The molecule has 0 spiro atoms. The van der Waals surface area contributed by atoms with Crippen molar-refractivity contribution in [3.05, 3.63) is 0 Å². The molecule has 0 amide bonds. The number of hydrogen-bond acceptors (Lipinski definition) is 2. The standard InChI is InChI=1S/C14H21F3O2/c1-12(2)9-4-6-13(12,3)10(8-9)19-11(18)5-7-14(15,16)17/h9-10H,4-8H2,1-3H3. The monoisotopic (exact) mass is 278 g/mol. The Labute approximate surface area is 111 Å². The maximum Gasteiger partial charge on any atom is 0.389 e. The smallest absolute Gasteiger partial charge is 0.389 e. The van der Waals surface area contributed by atoms with E-state index >= 15 is 0 Å². The summed E-state index contributed by atoms with van der Waals surface area (Å²) in [5, 5.41) is 0. The highest BCUT2D eigenvalue weighted by Gasteiger charge is 2.62. The van der Waals surface area contributed by atoms with Crippen LogP contribution in [0.15, 0.2) is 0 Å². The summed E-state index contributed by atoms with van der Waals surface area (Å²) in [5.74, 6) is -0.204. The molecule has 2 rings (SSSR count). The maximum atomic E-state index is 12.1. The number of carbonyl (C=O) groups is 1. The molecule has 0 heterocycles. The van der Waals surface area contributed by atoms with Crippen molar-refractivity contribution >= 4 is 5.97 Å². The van der Waals surface area contributed by atoms with Crippen molar-refractivity contribution in [3.8, 4) is 0 Å². The minimum atomic E-state index is -4.29. The van der Waals surface area contributed by atoms with Crippen LogP contribution in [0.4, 0.5) is 13.2 Å². The molecular formula is C14H21F3O2. The van der Waals surface area contributed by atoms with Gasteiger partial charge in [-0.15, -0.1) is 0 Å². The molecule has 2 aliphatic rings. The lowest BCUT2D eigenvalue weighted by atomic mass is 9.70.